The lowest BCUT2D eigenvalue weighted by Crippen LogP contribution is -2.12. The van der Waals surface area contributed by atoms with Gasteiger partial charge in [0.1, 0.15) is 5.75 Å². The van der Waals surface area contributed by atoms with Crippen LogP contribution < -0.4 is 4.18 Å². The van der Waals surface area contributed by atoms with Crippen LogP contribution in [-0.4, -0.2) is 8.42 Å². The Morgan fingerprint density at radius 2 is 1.75 bits per heavy atom. The van der Waals surface area contributed by atoms with E-state index < -0.39 is 10.1 Å². The predicted molar refractivity (Wildman–Crippen MR) is 93.4 cm³/mol. The number of hydrogen-bond acceptors (Lipinski definition) is 4. The zero-order valence-corrected chi connectivity index (χ0v) is 14.0. The van der Waals surface area contributed by atoms with Gasteiger partial charge >= 0.3 is 10.1 Å². The predicted octanol–water partition coefficient (Wildman–Crippen LogP) is 4.27. The molecule has 0 fully saturated rings. The Morgan fingerprint density at radius 3 is 2.50 bits per heavy atom. The summed E-state index contributed by atoms with van der Waals surface area (Å²) in [6.45, 7) is 0. The van der Waals surface area contributed by atoms with E-state index in [2.05, 4.69) is 0 Å². The molecule has 3 rings (SSSR count). The first-order valence-corrected chi connectivity index (χ1v) is 9.02. The van der Waals surface area contributed by atoms with Crippen LogP contribution in [0.25, 0.3) is 10.8 Å². The Balaban J connectivity index is 1.93. The number of benzene rings is 3. The minimum absolute atomic E-state index is 0.228. The van der Waals surface area contributed by atoms with Gasteiger partial charge in [-0.3, -0.25) is 0 Å². The molecule has 0 amide bonds. The topological polar surface area (TPSA) is 67.2 Å². The molecule has 4 nitrogen and oxygen atoms in total. The Morgan fingerprint density at radius 1 is 1.00 bits per heavy atom. The smallest absolute Gasteiger partial charge is 0.313 e. The molecular formula is C18H12ClNO3S. The first-order chi connectivity index (χ1) is 11.5. The molecule has 0 unspecified atom stereocenters. The summed E-state index contributed by atoms with van der Waals surface area (Å²) in [5.74, 6) is -0.0918. The molecule has 0 spiro atoms. The molecular weight excluding hydrogens is 346 g/mol. The quantitative estimate of drug-likeness (QED) is 0.654. The summed E-state index contributed by atoms with van der Waals surface area (Å²) < 4.78 is 30.0. The van der Waals surface area contributed by atoms with Gasteiger partial charge in [-0.05, 0) is 29.8 Å². The Bertz CT molecular complexity index is 1060. The molecule has 0 aliphatic rings. The summed E-state index contributed by atoms with van der Waals surface area (Å²) in [7, 11) is -3.87. The summed E-state index contributed by atoms with van der Waals surface area (Å²) in [5.41, 5.74) is 0.895. The van der Waals surface area contributed by atoms with Gasteiger partial charge in [0.2, 0.25) is 0 Å². The average molecular weight is 358 g/mol. The van der Waals surface area contributed by atoms with Crippen LogP contribution in [0.5, 0.6) is 5.75 Å². The van der Waals surface area contributed by atoms with Gasteiger partial charge < -0.3 is 4.18 Å². The van der Waals surface area contributed by atoms with E-state index in [9.17, 15) is 8.42 Å². The minimum atomic E-state index is -3.87. The molecule has 0 aromatic heterocycles. The third-order valence-electron chi connectivity index (χ3n) is 3.45. The zero-order valence-electron chi connectivity index (χ0n) is 12.4. The molecule has 0 radical (unpaired) electrons. The van der Waals surface area contributed by atoms with Crippen molar-refractivity contribution in [1.82, 2.24) is 0 Å². The van der Waals surface area contributed by atoms with E-state index in [1.807, 2.05) is 12.1 Å². The SMILES string of the molecule is N#Cc1cccc(CS(=O)(=O)Oc2ccc(Cl)c3ccccc23)c1. The van der Waals surface area contributed by atoms with Crippen molar-refractivity contribution in [2.24, 2.45) is 0 Å². The average Bonchev–Trinajstić information content (AvgIpc) is 2.57. The molecule has 0 saturated carbocycles. The third-order valence-corrected chi connectivity index (χ3v) is 4.90. The maximum absolute atomic E-state index is 12.4. The first-order valence-electron chi connectivity index (χ1n) is 7.07. The summed E-state index contributed by atoms with van der Waals surface area (Å²) in [6, 6.07) is 18.7. The molecule has 0 atom stereocenters. The van der Waals surface area contributed by atoms with Gasteiger partial charge in [-0.15, -0.1) is 0 Å². The summed E-state index contributed by atoms with van der Waals surface area (Å²) >= 11 is 6.13. The number of rotatable bonds is 4. The van der Waals surface area contributed by atoms with Crippen LogP contribution in [-0.2, 0) is 15.9 Å². The molecule has 6 heteroatoms. The Kier molecular flexibility index (Phi) is 4.43. The lowest BCUT2D eigenvalue weighted by atomic mass is 10.1. The number of nitrogens with zero attached hydrogens (tertiary/aromatic N) is 1. The van der Waals surface area contributed by atoms with Gasteiger partial charge in [-0.1, -0.05) is 48.0 Å². The monoisotopic (exact) mass is 357 g/mol. The lowest BCUT2D eigenvalue weighted by Gasteiger charge is -2.10. The molecule has 24 heavy (non-hydrogen) atoms. The van der Waals surface area contributed by atoms with E-state index in [1.54, 1.807) is 42.5 Å². The van der Waals surface area contributed by atoms with Crippen molar-refractivity contribution in [3.05, 3.63) is 76.8 Å². The third kappa shape index (κ3) is 3.51. The van der Waals surface area contributed by atoms with Crippen molar-refractivity contribution >= 4 is 32.5 Å². The van der Waals surface area contributed by atoms with Gasteiger partial charge in [0.15, 0.2) is 5.75 Å². The highest BCUT2D eigenvalue weighted by molar-refractivity contribution is 7.86. The number of hydrogen-bond donors (Lipinski definition) is 0. The molecule has 0 bridgehead atoms. The first kappa shape index (κ1) is 16.3. The molecule has 0 saturated heterocycles. The van der Waals surface area contributed by atoms with Crippen LogP contribution in [0.3, 0.4) is 0 Å². The van der Waals surface area contributed by atoms with Crippen LogP contribution in [0.2, 0.25) is 5.02 Å². The van der Waals surface area contributed by atoms with Gasteiger partial charge in [-0.2, -0.15) is 13.7 Å². The van der Waals surface area contributed by atoms with Crippen molar-refractivity contribution in [2.75, 3.05) is 0 Å². The van der Waals surface area contributed by atoms with Crippen LogP contribution in [0, 0.1) is 11.3 Å². The van der Waals surface area contributed by atoms with Crippen LogP contribution >= 0.6 is 11.6 Å². The fraction of sp³-hybridized carbons (Fsp3) is 0.0556. The van der Waals surface area contributed by atoms with Gasteiger partial charge in [0.25, 0.3) is 0 Å². The van der Waals surface area contributed by atoms with E-state index in [0.29, 0.717) is 21.5 Å². The van der Waals surface area contributed by atoms with E-state index in [4.69, 9.17) is 21.0 Å². The maximum atomic E-state index is 12.4. The van der Waals surface area contributed by atoms with E-state index in [1.165, 1.54) is 12.1 Å². The van der Waals surface area contributed by atoms with Crippen LogP contribution in [0.15, 0.2) is 60.7 Å². The highest BCUT2D eigenvalue weighted by Gasteiger charge is 2.17. The maximum Gasteiger partial charge on any atom is 0.313 e. The summed E-state index contributed by atoms with van der Waals surface area (Å²) in [6.07, 6.45) is 0. The number of halogens is 1. The second kappa shape index (κ2) is 6.52. The van der Waals surface area contributed by atoms with Crippen LogP contribution in [0.1, 0.15) is 11.1 Å². The molecule has 0 N–H and O–H groups in total. The van der Waals surface area contributed by atoms with Crippen LogP contribution in [0.4, 0.5) is 0 Å². The molecule has 0 aliphatic heterocycles. The number of fused-ring (bicyclic) bond motifs is 1. The summed E-state index contributed by atoms with van der Waals surface area (Å²) in [4.78, 5) is 0. The van der Waals surface area contributed by atoms with E-state index >= 15 is 0 Å². The Labute approximate surface area is 145 Å². The fourth-order valence-corrected chi connectivity index (χ4v) is 3.70. The van der Waals surface area contributed by atoms with Crippen molar-refractivity contribution in [2.45, 2.75) is 5.75 Å². The van der Waals surface area contributed by atoms with E-state index in [-0.39, 0.29) is 11.5 Å². The highest BCUT2D eigenvalue weighted by atomic mass is 35.5. The van der Waals surface area contributed by atoms with Crippen molar-refractivity contribution in [3.63, 3.8) is 0 Å². The highest BCUT2D eigenvalue weighted by Crippen LogP contribution is 2.32. The van der Waals surface area contributed by atoms with Gasteiger partial charge in [-0.25, -0.2) is 0 Å². The fourth-order valence-electron chi connectivity index (χ4n) is 2.41. The van der Waals surface area contributed by atoms with Crippen molar-refractivity contribution in [1.29, 1.82) is 5.26 Å². The second-order valence-corrected chi connectivity index (χ2v) is 7.17. The zero-order chi connectivity index (χ0) is 17.2. The van der Waals surface area contributed by atoms with Crippen molar-refractivity contribution in [3.8, 4) is 11.8 Å². The standard InChI is InChI=1S/C18H12ClNO3S/c19-17-8-9-18(16-7-2-1-6-15(16)17)23-24(21,22)12-14-5-3-4-13(10-14)11-20/h1-10H,12H2. The van der Waals surface area contributed by atoms with Gasteiger partial charge in [0, 0.05) is 15.8 Å². The molecule has 0 heterocycles. The van der Waals surface area contributed by atoms with E-state index in [0.717, 1.165) is 5.39 Å². The summed E-state index contributed by atoms with van der Waals surface area (Å²) in [5, 5.41) is 10.8. The molecule has 0 aliphatic carbocycles. The van der Waals surface area contributed by atoms with Crippen molar-refractivity contribution < 1.29 is 12.6 Å². The molecule has 120 valence electrons. The van der Waals surface area contributed by atoms with Gasteiger partial charge in [0.05, 0.1) is 11.6 Å². The number of nitriles is 1. The second-order valence-electron chi connectivity index (χ2n) is 5.19. The molecule has 3 aromatic rings. The Hall–Kier alpha value is -2.55. The normalized spacial score (nSPS) is 11.2. The minimum Gasteiger partial charge on any atom is -0.382 e. The largest absolute Gasteiger partial charge is 0.382 e. The lowest BCUT2D eigenvalue weighted by molar-refractivity contribution is 0.487. The molecule has 3 aromatic carbocycles.